The first-order chi connectivity index (χ1) is 14.1. The number of rotatable bonds is 6. The quantitative estimate of drug-likeness (QED) is 0.550. The van der Waals surface area contributed by atoms with Crippen molar-refractivity contribution in [3.63, 3.8) is 0 Å². The highest BCUT2D eigenvalue weighted by molar-refractivity contribution is 7.16. The van der Waals surface area contributed by atoms with Crippen LogP contribution in [0.1, 0.15) is 60.9 Å². The number of anilines is 1. The van der Waals surface area contributed by atoms with Crippen LogP contribution in [-0.2, 0) is 11.3 Å². The Balaban J connectivity index is 1.92. The summed E-state index contributed by atoms with van der Waals surface area (Å²) in [6.07, 6.45) is 0. The van der Waals surface area contributed by atoms with E-state index in [2.05, 4.69) is 15.6 Å². The molecule has 0 saturated heterocycles. The lowest BCUT2D eigenvalue weighted by Gasteiger charge is -2.08. The minimum atomic E-state index is -0.471. The minimum Gasteiger partial charge on any atom is -0.462 e. The van der Waals surface area contributed by atoms with E-state index in [0.29, 0.717) is 32.6 Å². The van der Waals surface area contributed by atoms with Gasteiger partial charge >= 0.3 is 5.97 Å². The van der Waals surface area contributed by atoms with Gasteiger partial charge in [0.25, 0.3) is 5.91 Å². The third-order valence-electron chi connectivity index (χ3n) is 4.89. The highest BCUT2D eigenvalue weighted by atomic mass is 35.5. The summed E-state index contributed by atoms with van der Waals surface area (Å²) in [4.78, 5) is 26.3. The number of esters is 1. The van der Waals surface area contributed by atoms with Crippen LogP contribution in [0.15, 0.2) is 4.52 Å². The molecule has 1 N–H and O–H groups in total. The molecule has 0 saturated carbocycles. The molecule has 0 atom stereocenters. The van der Waals surface area contributed by atoms with E-state index in [9.17, 15) is 9.59 Å². The molecule has 10 heteroatoms. The Hall–Kier alpha value is -2.65. The summed E-state index contributed by atoms with van der Waals surface area (Å²) in [6, 6.07) is 0. The summed E-state index contributed by atoms with van der Waals surface area (Å²) < 4.78 is 12.1. The zero-order valence-corrected chi connectivity index (χ0v) is 19.2. The predicted molar refractivity (Wildman–Crippen MR) is 115 cm³/mol. The van der Waals surface area contributed by atoms with Crippen molar-refractivity contribution >= 4 is 39.8 Å². The van der Waals surface area contributed by atoms with Crippen molar-refractivity contribution in [2.75, 3.05) is 11.9 Å². The maximum atomic E-state index is 13.0. The summed E-state index contributed by atoms with van der Waals surface area (Å²) in [5.74, 6) is -0.433. The molecule has 3 aromatic heterocycles. The third kappa shape index (κ3) is 3.99. The lowest BCUT2D eigenvalue weighted by molar-refractivity contribution is 0.0527. The van der Waals surface area contributed by atoms with E-state index < -0.39 is 11.9 Å². The van der Waals surface area contributed by atoms with E-state index in [-0.39, 0.29) is 18.8 Å². The molecule has 3 aromatic rings. The molecule has 0 aliphatic heterocycles. The summed E-state index contributed by atoms with van der Waals surface area (Å²) in [6.45, 7) is 11.4. The van der Waals surface area contributed by atoms with Crippen molar-refractivity contribution in [2.24, 2.45) is 0 Å². The molecule has 8 nitrogen and oxygen atoms in total. The SMILES string of the molecule is CCOC(=O)c1c(NC(=O)c2noc(C)c2Cn2nc(C)c(Cl)c2C)sc(C)c1C. The molecule has 30 heavy (non-hydrogen) atoms. The van der Waals surface area contributed by atoms with Gasteiger partial charge in [0.05, 0.1) is 35.1 Å². The van der Waals surface area contributed by atoms with Gasteiger partial charge in [-0.05, 0) is 47.1 Å². The monoisotopic (exact) mass is 450 g/mol. The van der Waals surface area contributed by atoms with E-state index in [1.165, 1.54) is 11.3 Å². The number of ether oxygens (including phenoxy) is 1. The minimum absolute atomic E-state index is 0.134. The molecule has 0 aliphatic rings. The van der Waals surface area contributed by atoms with E-state index in [1.807, 2.05) is 27.7 Å². The second-order valence-corrected chi connectivity index (χ2v) is 8.47. The van der Waals surface area contributed by atoms with Gasteiger partial charge in [0.2, 0.25) is 0 Å². The Morgan fingerprint density at radius 1 is 1.23 bits per heavy atom. The number of carbonyl (C=O) groups excluding carboxylic acids is 2. The highest BCUT2D eigenvalue weighted by Crippen LogP contribution is 2.33. The maximum Gasteiger partial charge on any atom is 0.341 e. The van der Waals surface area contributed by atoms with Crippen molar-refractivity contribution in [1.29, 1.82) is 0 Å². The predicted octanol–water partition coefficient (Wildman–Crippen LogP) is 4.61. The number of aryl methyl sites for hydroxylation is 3. The van der Waals surface area contributed by atoms with Gasteiger partial charge in [-0.3, -0.25) is 9.48 Å². The van der Waals surface area contributed by atoms with Crippen LogP contribution in [0.2, 0.25) is 5.02 Å². The first kappa shape index (κ1) is 22.0. The molecule has 160 valence electrons. The van der Waals surface area contributed by atoms with Crippen molar-refractivity contribution in [2.45, 2.75) is 48.1 Å². The normalized spacial score (nSPS) is 11.0. The van der Waals surface area contributed by atoms with Crippen LogP contribution in [0.3, 0.4) is 0 Å². The number of aromatic nitrogens is 3. The Kier molecular flexibility index (Phi) is 6.33. The number of amides is 1. The van der Waals surface area contributed by atoms with Gasteiger partial charge in [-0.1, -0.05) is 16.8 Å². The number of hydrogen-bond acceptors (Lipinski definition) is 7. The fourth-order valence-electron chi connectivity index (χ4n) is 3.06. The van der Waals surface area contributed by atoms with Crippen LogP contribution in [0.25, 0.3) is 0 Å². The number of halogens is 1. The van der Waals surface area contributed by atoms with Crippen molar-refractivity contribution in [3.05, 3.63) is 49.4 Å². The van der Waals surface area contributed by atoms with Gasteiger partial charge in [-0.25, -0.2) is 4.79 Å². The van der Waals surface area contributed by atoms with E-state index >= 15 is 0 Å². The van der Waals surface area contributed by atoms with E-state index in [4.69, 9.17) is 20.9 Å². The van der Waals surface area contributed by atoms with Crippen LogP contribution in [0.4, 0.5) is 5.00 Å². The molecule has 3 rings (SSSR count). The number of nitrogens with zero attached hydrogens (tertiary/aromatic N) is 3. The van der Waals surface area contributed by atoms with E-state index in [0.717, 1.165) is 16.1 Å². The Morgan fingerprint density at radius 2 is 1.93 bits per heavy atom. The van der Waals surface area contributed by atoms with Crippen LogP contribution >= 0.6 is 22.9 Å². The number of carbonyl (C=O) groups is 2. The van der Waals surface area contributed by atoms with Gasteiger partial charge in [0.1, 0.15) is 10.8 Å². The summed E-state index contributed by atoms with van der Waals surface area (Å²) in [5.41, 5.74) is 3.36. The largest absolute Gasteiger partial charge is 0.462 e. The first-order valence-corrected chi connectivity index (χ1v) is 10.6. The van der Waals surface area contributed by atoms with Crippen LogP contribution < -0.4 is 5.32 Å². The van der Waals surface area contributed by atoms with E-state index in [1.54, 1.807) is 18.5 Å². The number of nitrogens with one attached hydrogen (secondary N) is 1. The molecule has 0 radical (unpaired) electrons. The topological polar surface area (TPSA) is 99.2 Å². The first-order valence-electron chi connectivity index (χ1n) is 9.38. The average Bonchev–Trinajstić information content (AvgIpc) is 3.27. The summed E-state index contributed by atoms with van der Waals surface area (Å²) in [7, 11) is 0. The molecule has 0 bridgehead atoms. The average molecular weight is 451 g/mol. The lowest BCUT2D eigenvalue weighted by Crippen LogP contribution is -2.18. The molecule has 0 unspecified atom stereocenters. The Labute approximate surface area is 183 Å². The number of hydrogen-bond donors (Lipinski definition) is 1. The summed E-state index contributed by atoms with van der Waals surface area (Å²) in [5, 5.41) is 12.1. The van der Waals surface area contributed by atoms with Crippen LogP contribution in [-0.4, -0.2) is 33.4 Å². The standard InChI is InChI=1S/C20H23ClN4O4S/c1-7-28-20(27)15-9(2)13(6)30-19(15)22-18(26)17-14(12(5)29-24-17)8-25-11(4)16(21)10(3)23-25/h7-8H2,1-6H3,(H,22,26). The molecule has 0 aliphatic carbocycles. The van der Waals surface area contributed by atoms with Gasteiger partial charge < -0.3 is 14.6 Å². The second-order valence-electron chi connectivity index (χ2n) is 6.87. The van der Waals surface area contributed by atoms with Crippen molar-refractivity contribution in [1.82, 2.24) is 14.9 Å². The molecule has 3 heterocycles. The van der Waals surface area contributed by atoms with Gasteiger partial charge in [0, 0.05) is 10.4 Å². The fourth-order valence-corrected chi connectivity index (χ4v) is 4.24. The second kappa shape index (κ2) is 8.61. The van der Waals surface area contributed by atoms with Crippen LogP contribution in [0, 0.1) is 34.6 Å². The van der Waals surface area contributed by atoms with Crippen LogP contribution in [0.5, 0.6) is 0 Å². The Morgan fingerprint density at radius 3 is 2.53 bits per heavy atom. The van der Waals surface area contributed by atoms with Gasteiger partial charge in [-0.2, -0.15) is 5.10 Å². The molecule has 0 aromatic carbocycles. The lowest BCUT2D eigenvalue weighted by atomic mass is 10.1. The fraction of sp³-hybridized carbons (Fsp3) is 0.400. The number of thiophene rings is 1. The summed E-state index contributed by atoms with van der Waals surface area (Å²) >= 11 is 7.55. The maximum absolute atomic E-state index is 13.0. The molecule has 0 fully saturated rings. The zero-order valence-electron chi connectivity index (χ0n) is 17.7. The highest BCUT2D eigenvalue weighted by Gasteiger charge is 2.26. The smallest absolute Gasteiger partial charge is 0.341 e. The third-order valence-corrected chi connectivity index (χ3v) is 6.56. The molecule has 0 spiro atoms. The molecular formula is C20H23ClN4O4S. The zero-order chi connectivity index (χ0) is 22.2. The Bertz CT molecular complexity index is 1130. The molecular weight excluding hydrogens is 428 g/mol. The van der Waals surface area contributed by atoms with Crippen molar-refractivity contribution in [3.8, 4) is 0 Å². The molecule has 1 amide bonds. The van der Waals surface area contributed by atoms with Gasteiger partial charge in [-0.15, -0.1) is 11.3 Å². The van der Waals surface area contributed by atoms with Gasteiger partial charge in [0.15, 0.2) is 5.69 Å². The van der Waals surface area contributed by atoms with Crippen molar-refractivity contribution < 1.29 is 18.8 Å².